The Kier molecular flexibility index (Phi) is 12.4. The summed E-state index contributed by atoms with van der Waals surface area (Å²) in [5.74, 6) is 0. The maximum absolute atomic E-state index is 5.97. The maximum Gasteiger partial charge on any atom is 0.502 e. The summed E-state index contributed by atoms with van der Waals surface area (Å²) >= 11 is 5.97. The zero-order valence-corrected chi connectivity index (χ0v) is 14.8. The highest BCUT2D eigenvalue weighted by Crippen LogP contribution is 2.23. The van der Waals surface area contributed by atoms with Crippen LogP contribution < -0.4 is 0 Å². The fourth-order valence-electron chi connectivity index (χ4n) is 2.12. The molecule has 0 amide bonds. The van der Waals surface area contributed by atoms with E-state index in [-0.39, 0.29) is 5.56 Å². The molecular weight excluding hydrogens is 280 g/mol. The number of halogens is 1. The Morgan fingerprint density at radius 1 is 0.895 bits per heavy atom. The summed E-state index contributed by atoms with van der Waals surface area (Å²) in [7, 11) is -2.56. The lowest BCUT2D eigenvalue weighted by molar-refractivity contribution is 0.0603. The second-order valence-corrected chi connectivity index (χ2v) is 8.02. The van der Waals surface area contributed by atoms with E-state index in [9.17, 15) is 0 Å². The molecule has 0 aromatic heterocycles. The Bertz CT molecular complexity index is 197. The van der Waals surface area contributed by atoms with Gasteiger partial charge in [-0.2, -0.15) is 0 Å². The van der Waals surface area contributed by atoms with Crippen molar-refractivity contribution in [2.75, 3.05) is 13.2 Å². The molecule has 116 valence electrons. The van der Waals surface area contributed by atoms with Gasteiger partial charge in [-0.3, -0.25) is 0 Å². The van der Waals surface area contributed by atoms with Crippen LogP contribution in [0, 0.1) is 0 Å². The molecule has 0 spiro atoms. The van der Waals surface area contributed by atoms with E-state index in [1.807, 2.05) is 20.8 Å². The van der Waals surface area contributed by atoms with Gasteiger partial charge < -0.3 is 13.3 Å². The Morgan fingerprint density at radius 3 is 1.89 bits per heavy atom. The first-order chi connectivity index (χ1) is 9.10. The molecule has 0 saturated carbocycles. The average molecular weight is 311 g/mol. The van der Waals surface area contributed by atoms with Crippen LogP contribution in [-0.2, 0) is 13.3 Å². The van der Waals surface area contributed by atoms with Crippen LogP contribution in [-0.4, -0.2) is 27.6 Å². The highest BCUT2D eigenvalue weighted by atomic mass is 35.5. The van der Waals surface area contributed by atoms with Crippen molar-refractivity contribution in [1.82, 2.24) is 0 Å². The molecule has 1 unspecified atom stereocenters. The first-order valence-electron chi connectivity index (χ1n) is 7.70. The van der Waals surface area contributed by atoms with Gasteiger partial charge in [-0.25, -0.2) is 0 Å². The summed E-state index contributed by atoms with van der Waals surface area (Å²) in [5.41, 5.74) is -0.357. The highest BCUT2D eigenvalue weighted by molar-refractivity contribution is 6.61. The molecule has 19 heavy (non-hydrogen) atoms. The maximum atomic E-state index is 5.97. The van der Waals surface area contributed by atoms with Gasteiger partial charge >= 0.3 is 8.80 Å². The van der Waals surface area contributed by atoms with Crippen LogP contribution in [0.5, 0.6) is 0 Å². The molecule has 0 heterocycles. The van der Waals surface area contributed by atoms with E-state index in [0.717, 1.165) is 12.5 Å². The molecule has 0 fully saturated rings. The molecule has 0 N–H and O–H groups in total. The van der Waals surface area contributed by atoms with Gasteiger partial charge in [0, 0.05) is 19.3 Å². The Labute approximate surface area is 125 Å². The third-order valence-electron chi connectivity index (χ3n) is 2.91. The van der Waals surface area contributed by atoms with Crippen molar-refractivity contribution in [3.63, 3.8) is 0 Å². The zero-order valence-electron chi connectivity index (χ0n) is 13.0. The molecule has 0 aliphatic heterocycles. The molecule has 0 aromatic rings. The zero-order chi connectivity index (χ0) is 14.6. The van der Waals surface area contributed by atoms with E-state index >= 15 is 0 Å². The SMILES string of the molecule is CCCCCCCC[Si](OCC)(OCC)OC(C)Cl. The van der Waals surface area contributed by atoms with Crippen molar-refractivity contribution in [3.05, 3.63) is 0 Å². The minimum Gasteiger partial charge on any atom is -0.374 e. The normalized spacial score (nSPS) is 13.7. The Morgan fingerprint density at radius 2 is 1.42 bits per heavy atom. The predicted molar refractivity (Wildman–Crippen MR) is 83.6 cm³/mol. The molecule has 3 nitrogen and oxygen atoms in total. The third-order valence-corrected chi connectivity index (χ3v) is 6.28. The topological polar surface area (TPSA) is 27.7 Å². The monoisotopic (exact) mass is 310 g/mol. The number of unbranched alkanes of at least 4 members (excludes halogenated alkanes) is 5. The number of hydrogen-bond donors (Lipinski definition) is 0. The summed E-state index contributed by atoms with van der Waals surface area (Å²) in [6.07, 6.45) is 7.53. The number of rotatable bonds is 13. The van der Waals surface area contributed by atoms with E-state index in [1.165, 1.54) is 32.1 Å². The van der Waals surface area contributed by atoms with Gasteiger partial charge in [0.25, 0.3) is 0 Å². The second-order valence-electron chi connectivity index (χ2n) is 4.73. The van der Waals surface area contributed by atoms with Gasteiger partial charge in [0.1, 0.15) is 5.56 Å². The van der Waals surface area contributed by atoms with E-state index in [4.69, 9.17) is 24.9 Å². The highest BCUT2D eigenvalue weighted by Gasteiger charge is 2.41. The molecule has 0 saturated heterocycles. The van der Waals surface area contributed by atoms with Crippen molar-refractivity contribution in [2.24, 2.45) is 0 Å². The van der Waals surface area contributed by atoms with Gasteiger partial charge in [-0.15, -0.1) is 0 Å². The van der Waals surface area contributed by atoms with E-state index in [2.05, 4.69) is 6.92 Å². The standard InChI is InChI=1S/C14H31ClO3Si/c1-5-8-9-10-11-12-13-19(16-6-2,17-7-3)18-14(4)15/h14H,5-13H2,1-4H3. The predicted octanol–water partition coefficient (Wildman–Crippen LogP) is 4.96. The van der Waals surface area contributed by atoms with Crippen LogP contribution >= 0.6 is 11.6 Å². The van der Waals surface area contributed by atoms with Crippen molar-refractivity contribution in [3.8, 4) is 0 Å². The van der Waals surface area contributed by atoms with Gasteiger partial charge in [0.2, 0.25) is 0 Å². The first-order valence-corrected chi connectivity index (χ1v) is 10.1. The molecule has 5 heteroatoms. The van der Waals surface area contributed by atoms with Crippen LogP contribution in [0.1, 0.15) is 66.2 Å². The molecule has 0 aliphatic rings. The summed E-state index contributed by atoms with van der Waals surface area (Å²) in [4.78, 5) is 0. The average Bonchev–Trinajstić information content (AvgIpc) is 2.33. The first kappa shape index (κ1) is 19.4. The molecular formula is C14H31ClO3Si. The molecule has 0 radical (unpaired) electrons. The smallest absolute Gasteiger partial charge is 0.374 e. The quantitative estimate of drug-likeness (QED) is 0.273. The van der Waals surface area contributed by atoms with E-state index in [1.54, 1.807) is 0 Å². The van der Waals surface area contributed by atoms with Crippen LogP contribution in [0.25, 0.3) is 0 Å². The Balaban J connectivity index is 4.15. The van der Waals surface area contributed by atoms with Gasteiger partial charge in [-0.05, 0) is 27.2 Å². The van der Waals surface area contributed by atoms with Gasteiger partial charge in [0.05, 0.1) is 0 Å². The lowest BCUT2D eigenvalue weighted by atomic mass is 10.1. The molecule has 0 aliphatic carbocycles. The minimum absolute atomic E-state index is 0.357. The lowest BCUT2D eigenvalue weighted by Crippen LogP contribution is -2.47. The summed E-state index contributed by atoms with van der Waals surface area (Å²) < 4.78 is 17.4. The molecule has 1 atom stereocenters. The lowest BCUT2D eigenvalue weighted by Gasteiger charge is -2.30. The summed E-state index contributed by atoms with van der Waals surface area (Å²) in [6, 6.07) is 0.873. The fraction of sp³-hybridized carbons (Fsp3) is 1.00. The molecule has 0 bridgehead atoms. The Hall–Kier alpha value is 0.387. The molecule has 0 aromatic carbocycles. The third kappa shape index (κ3) is 9.85. The molecule has 0 rings (SSSR count). The van der Waals surface area contributed by atoms with Crippen molar-refractivity contribution < 1.29 is 13.3 Å². The van der Waals surface area contributed by atoms with E-state index in [0.29, 0.717) is 13.2 Å². The van der Waals surface area contributed by atoms with Crippen molar-refractivity contribution >= 4 is 20.4 Å². The second kappa shape index (κ2) is 12.2. The van der Waals surface area contributed by atoms with E-state index < -0.39 is 8.80 Å². The fourth-order valence-corrected chi connectivity index (χ4v) is 5.21. The summed E-state index contributed by atoms with van der Waals surface area (Å²) in [5, 5.41) is 0. The van der Waals surface area contributed by atoms with Crippen LogP contribution in [0.2, 0.25) is 6.04 Å². The van der Waals surface area contributed by atoms with Crippen molar-refractivity contribution in [2.45, 2.75) is 77.8 Å². The minimum atomic E-state index is -2.56. The van der Waals surface area contributed by atoms with Gasteiger partial charge in [-0.1, -0.05) is 50.6 Å². The number of alkyl halides is 1. The summed E-state index contributed by atoms with van der Waals surface area (Å²) in [6.45, 7) is 9.24. The number of hydrogen-bond acceptors (Lipinski definition) is 3. The van der Waals surface area contributed by atoms with Gasteiger partial charge in [0.15, 0.2) is 0 Å². The van der Waals surface area contributed by atoms with Crippen LogP contribution in [0.4, 0.5) is 0 Å². The largest absolute Gasteiger partial charge is 0.502 e. The van der Waals surface area contributed by atoms with Crippen molar-refractivity contribution in [1.29, 1.82) is 0 Å². The van der Waals surface area contributed by atoms with Crippen LogP contribution in [0.3, 0.4) is 0 Å². The van der Waals surface area contributed by atoms with Crippen LogP contribution in [0.15, 0.2) is 0 Å².